The van der Waals surface area contributed by atoms with E-state index in [4.69, 9.17) is 13.8 Å². The SMILES string of the molecule is Cc1noc(C)c1S(=O)(=O)N1CCC(C(=O)N2CCCCC2c2noc(COCc3ccc(F)cc3)n2)CC1. The number of ether oxygens (including phenoxy) is 1. The largest absolute Gasteiger partial charge is 0.367 e. The molecule has 2 aliphatic rings. The van der Waals surface area contributed by atoms with Crippen molar-refractivity contribution in [3.63, 3.8) is 0 Å². The van der Waals surface area contributed by atoms with E-state index >= 15 is 0 Å². The van der Waals surface area contributed by atoms with Gasteiger partial charge in [-0.1, -0.05) is 22.4 Å². The summed E-state index contributed by atoms with van der Waals surface area (Å²) in [5, 5.41) is 7.90. The molecule has 4 heterocycles. The number of carbonyl (C=O) groups is 1. The summed E-state index contributed by atoms with van der Waals surface area (Å²) in [5.74, 6) is 0.423. The number of rotatable bonds is 8. The molecule has 1 unspecified atom stereocenters. The molecule has 5 rings (SSSR count). The number of piperidine rings is 2. The van der Waals surface area contributed by atoms with Gasteiger partial charge in [0.1, 0.15) is 23.0 Å². The third-order valence-corrected chi connectivity index (χ3v) is 9.49. The molecule has 1 aromatic carbocycles. The number of aryl methyl sites for hydroxylation is 2. The number of hydrogen-bond donors (Lipinski definition) is 0. The van der Waals surface area contributed by atoms with Crippen LogP contribution in [-0.2, 0) is 32.8 Å². The summed E-state index contributed by atoms with van der Waals surface area (Å²) in [6.07, 6.45) is 3.40. The average molecular weight is 562 g/mol. The molecular weight excluding hydrogens is 529 g/mol. The number of aromatic nitrogens is 3. The predicted octanol–water partition coefficient (Wildman–Crippen LogP) is 3.68. The maximum atomic E-state index is 13.6. The van der Waals surface area contributed by atoms with Gasteiger partial charge in [0.2, 0.25) is 15.9 Å². The zero-order valence-corrected chi connectivity index (χ0v) is 22.8. The molecule has 2 fully saturated rings. The lowest BCUT2D eigenvalue weighted by Gasteiger charge is -2.38. The summed E-state index contributed by atoms with van der Waals surface area (Å²) in [4.78, 5) is 20.0. The Labute approximate surface area is 226 Å². The van der Waals surface area contributed by atoms with Crippen molar-refractivity contribution in [1.29, 1.82) is 0 Å². The van der Waals surface area contributed by atoms with Crippen LogP contribution >= 0.6 is 0 Å². The molecular formula is C26H32FN5O6S. The summed E-state index contributed by atoms with van der Waals surface area (Å²) in [7, 11) is -3.74. The Morgan fingerprint density at radius 1 is 1.03 bits per heavy atom. The number of nitrogens with zero attached hydrogens (tertiary/aromatic N) is 5. The van der Waals surface area contributed by atoms with Crippen molar-refractivity contribution in [3.8, 4) is 0 Å². The number of benzene rings is 1. The zero-order valence-electron chi connectivity index (χ0n) is 22.0. The molecule has 1 amide bonds. The van der Waals surface area contributed by atoms with E-state index in [1.165, 1.54) is 16.4 Å². The lowest BCUT2D eigenvalue weighted by Crippen LogP contribution is -2.47. The van der Waals surface area contributed by atoms with Crippen molar-refractivity contribution in [3.05, 3.63) is 58.8 Å². The number of amides is 1. The van der Waals surface area contributed by atoms with E-state index in [1.807, 2.05) is 4.90 Å². The van der Waals surface area contributed by atoms with Crippen LogP contribution in [0.4, 0.5) is 4.39 Å². The van der Waals surface area contributed by atoms with Gasteiger partial charge in [-0.15, -0.1) is 0 Å². The molecule has 2 aromatic heterocycles. The quantitative estimate of drug-likeness (QED) is 0.404. The van der Waals surface area contributed by atoms with Gasteiger partial charge in [-0.3, -0.25) is 4.79 Å². The summed E-state index contributed by atoms with van der Waals surface area (Å²) in [5.41, 5.74) is 1.16. The molecule has 210 valence electrons. The van der Waals surface area contributed by atoms with Crippen LogP contribution in [-0.4, -0.2) is 58.5 Å². The Bertz CT molecular complexity index is 1380. The van der Waals surface area contributed by atoms with Crippen LogP contribution in [0.3, 0.4) is 0 Å². The van der Waals surface area contributed by atoms with Crippen LogP contribution in [0.25, 0.3) is 0 Å². The normalized spacial score (nSPS) is 19.5. The van der Waals surface area contributed by atoms with Gasteiger partial charge in [0.15, 0.2) is 11.6 Å². The number of hydrogen-bond acceptors (Lipinski definition) is 9. The Morgan fingerprint density at radius 3 is 2.46 bits per heavy atom. The molecule has 3 aromatic rings. The van der Waals surface area contributed by atoms with E-state index in [9.17, 15) is 17.6 Å². The third kappa shape index (κ3) is 5.89. The van der Waals surface area contributed by atoms with Crippen molar-refractivity contribution < 1.29 is 31.4 Å². The van der Waals surface area contributed by atoms with E-state index in [0.29, 0.717) is 36.8 Å². The zero-order chi connectivity index (χ0) is 27.6. The Kier molecular flexibility index (Phi) is 8.10. The fourth-order valence-corrected chi connectivity index (χ4v) is 7.07. The lowest BCUT2D eigenvalue weighted by atomic mass is 9.93. The van der Waals surface area contributed by atoms with E-state index in [1.54, 1.807) is 26.0 Å². The Hall–Kier alpha value is -3.16. The molecule has 2 aliphatic heterocycles. The van der Waals surface area contributed by atoms with Gasteiger partial charge < -0.3 is 18.7 Å². The molecule has 1 atom stereocenters. The molecule has 0 bridgehead atoms. The van der Waals surface area contributed by atoms with Crippen molar-refractivity contribution in [2.24, 2.45) is 5.92 Å². The second-order valence-corrected chi connectivity index (χ2v) is 11.9. The smallest absolute Gasteiger partial charge is 0.252 e. The molecule has 0 radical (unpaired) electrons. The van der Waals surface area contributed by atoms with Crippen molar-refractivity contribution in [2.45, 2.75) is 70.1 Å². The van der Waals surface area contributed by atoms with Gasteiger partial charge in [-0.2, -0.15) is 9.29 Å². The first kappa shape index (κ1) is 27.4. The fourth-order valence-electron chi connectivity index (χ4n) is 5.31. The standard InChI is InChI=1S/C26H32FN5O6S/c1-17-24(18(2)37-29-17)39(34,35)31-13-10-20(11-14-31)26(33)32-12-4-3-5-22(32)25-28-23(38-30-25)16-36-15-19-6-8-21(27)9-7-19/h6-9,20,22H,3-5,10-16H2,1-2H3. The molecule has 0 spiro atoms. The molecule has 39 heavy (non-hydrogen) atoms. The first-order valence-electron chi connectivity index (χ1n) is 13.1. The minimum atomic E-state index is -3.74. The van der Waals surface area contributed by atoms with E-state index in [2.05, 4.69) is 15.3 Å². The molecule has 11 nitrogen and oxygen atoms in total. The molecule has 0 saturated carbocycles. The first-order valence-corrected chi connectivity index (χ1v) is 14.6. The maximum absolute atomic E-state index is 13.6. The molecule has 0 aliphatic carbocycles. The highest BCUT2D eigenvalue weighted by Gasteiger charge is 2.39. The Balaban J connectivity index is 1.19. The van der Waals surface area contributed by atoms with Crippen LogP contribution in [0, 0.1) is 25.6 Å². The number of sulfonamides is 1. The summed E-state index contributed by atoms with van der Waals surface area (Å²) in [6, 6.07) is 5.75. The minimum absolute atomic E-state index is 0.00648. The van der Waals surface area contributed by atoms with E-state index in [0.717, 1.165) is 24.8 Å². The Morgan fingerprint density at radius 2 is 1.77 bits per heavy atom. The van der Waals surface area contributed by atoms with E-state index < -0.39 is 10.0 Å². The highest BCUT2D eigenvalue weighted by atomic mass is 32.2. The van der Waals surface area contributed by atoms with Gasteiger partial charge in [-0.25, -0.2) is 12.8 Å². The first-order chi connectivity index (χ1) is 18.7. The average Bonchev–Trinajstić information content (AvgIpc) is 3.55. The minimum Gasteiger partial charge on any atom is -0.367 e. The van der Waals surface area contributed by atoms with E-state index in [-0.39, 0.29) is 60.6 Å². The van der Waals surface area contributed by atoms with Gasteiger partial charge in [0.05, 0.1) is 12.6 Å². The maximum Gasteiger partial charge on any atom is 0.252 e. The topological polar surface area (TPSA) is 132 Å². The number of carbonyl (C=O) groups excluding carboxylic acids is 1. The van der Waals surface area contributed by atoms with Crippen LogP contribution in [0.15, 0.2) is 38.2 Å². The number of likely N-dealkylation sites (tertiary alicyclic amines) is 1. The summed E-state index contributed by atoms with van der Waals surface area (Å²) >= 11 is 0. The summed E-state index contributed by atoms with van der Waals surface area (Å²) in [6.45, 7) is 4.65. The van der Waals surface area contributed by atoms with Gasteiger partial charge in [0.25, 0.3) is 5.89 Å². The van der Waals surface area contributed by atoms with Crippen LogP contribution in [0.5, 0.6) is 0 Å². The summed E-state index contributed by atoms with van der Waals surface area (Å²) < 4.78 is 56.9. The van der Waals surface area contributed by atoms with Gasteiger partial charge >= 0.3 is 0 Å². The number of halogens is 1. The lowest BCUT2D eigenvalue weighted by molar-refractivity contribution is -0.141. The van der Waals surface area contributed by atoms with Crippen LogP contribution < -0.4 is 0 Å². The van der Waals surface area contributed by atoms with Crippen molar-refractivity contribution in [1.82, 2.24) is 24.5 Å². The van der Waals surface area contributed by atoms with Crippen LogP contribution in [0.2, 0.25) is 0 Å². The highest BCUT2D eigenvalue weighted by Crippen LogP contribution is 2.34. The molecule has 13 heteroatoms. The molecule has 0 N–H and O–H groups in total. The van der Waals surface area contributed by atoms with Crippen LogP contribution in [0.1, 0.15) is 66.9 Å². The predicted molar refractivity (Wildman–Crippen MR) is 135 cm³/mol. The second-order valence-electron chi connectivity index (χ2n) is 10.0. The second kappa shape index (κ2) is 11.5. The fraction of sp³-hybridized carbons (Fsp3) is 0.538. The monoisotopic (exact) mass is 561 g/mol. The van der Waals surface area contributed by atoms with Gasteiger partial charge in [0, 0.05) is 25.6 Å². The highest BCUT2D eigenvalue weighted by molar-refractivity contribution is 7.89. The van der Waals surface area contributed by atoms with Crippen molar-refractivity contribution in [2.75, 3.05) is 19.6 Å². The van der Waals surface area contributed by atoms with Gasteiger partial charge in [-0.05, 0) is 63.6 Å². The third-order valence-electron chi connectivity index (χ3n) is 7.34. The molecule has 2 saturated heterocycles. The van der Waals surface area contributed by atoms with Crippen molar-refractivity contribution >= 4 is 15.9 Å².